The molecule has 10 nitrogen and oxygen atoms in total. The van der Waals surface area contributed by atoms with Crippen LogP contribution in [0.3, 0.4) is 0 Å². The maximum absolute atomic E-state index is 14.0. The molecule has 1 N–H and O–H groups in total. The number of hydrogen-bond acceptors (Lipinski definition) is 7. The Morgan fingerprint density at radius 3 is 2.70 bits per heavy atom. The van der Waals surface area contributed by atoms with Gasteiger partial charge in [-0.1, -0.05) is 18.7 Å². The van der Waals surface area contributed by atoms with Gasteiger partial charge in [-0.3, -0.25) is 14.2 Å². The fraction of sp³-hybridized carbons (Fsp3) is 0.394. The highest BCUT2D eigenvalue weighted by Gasteiger charge is 2.34. The maximum atomic E-state index is 14.0. The van der Waals surface area contributed by atoms with E-state index in [4.69, 9.17) is 9.72 Å². The minimum absolute atomic E-state index is 0.0603. The number of aromatic nitrogens is 3. The van der Waals surface area contributed by atoms with Crippen LogP contribution in [0.25, 0.3) is 32.8 Å². The summed E-state index contributed by atoms with van der Waals surface area (Å²) in [6.07, 6.45) is 5.31. The van der Waals surface area contributed by atoms with Gasteiger partial charge in [-0.25, -0.2) is 4.79 Å². The summed E-state index contributed by atoms with van der Waals surface area (Å²) in [7, 11) is 0. The number of hydrogen-bond donors (Lipinski definition) is 1. The van der Waals surface area contributed by atoms with Crippen LogP contribution in [0, 0.1) is 6.92 Å². The van der Waals surface area contributed by atoms with Crippen LogP contribution >= 0.6 is 0 Å². The van der Waals surface area contributed by atoms with Gasteiger partial charge in [0.05, 0.1) is 16.9 Å². The quantitative estimate of drug-likeness (QED) is 0.361. The van der Waals surface area contributed by atoms with Crippen molar-refractivity contribution in [2.45, 2.75) is 38.8 Å². The summed E-state index contributed by atoms with van der Waals surface area (Å²) in [5, 5.41) is 2.26. The van der Waals surface area contributed by atoms with E-state index in [9.17, 15) is 14.4 Å². The molecule has 3 aliphatic rings. The Morgan fingerprint density at radius 1 is 1.12 bits per heavy atom. The summed E-state index contributed by atoms with van der Waals surface area (Å²) < 4.78 is 8.45. The van der Waals surface area contributed by atoms with E-state index in [1.165, 1.54) is 6.08 Å². The number of anilines is 1. The second kappa shape index (κ2) is 10.7. The van der Waals surface area contributed by atoms with Crippen molar-refractivity contribution in [3.05, 3.63) is 75.6 Å². The molecule has 1 amide bonds. The van der Waals surface area contributed by atoms with E-state index in [0.29, 0.717) is 55.3 Å². The minimum Gasteiger partial charge on any atom is -0.488 e. The van der Waals surface area contributed by atoms with Gasteiger partial charge in [0, 0.05) is 54.9 Å². The number of aryl methyl sites for hydroxylation is 1. The SMILES string of the molecule is C=CC(=O)N1CCN(c2nc(=O)n3c4c(c(-c5c(C)ccc6cc[nH]c(=O)c56)ccc24)OCC3CN2CCCC2)[C@@H](C)C1. The van der Waals surface area contributed by atoms with Crippen molar-refractivity contribution in [3.8, 4) is 16.9 Å². The molecule has 10 heteroatoms. The molecule has 4 aromatic rings. The standard InChI is InChI=1S/C33H36N6O4/c1-4-26(40)37-15-16-38(21(3)17-37)31-25-10-9-24(27-20(2)7-8-22-11-12-34-32(41)28(22)27)30-29(25)39(33(42)35-31)23(19-43-30)18-36-13-5-6-14-36/h4,7-12,21,23H,1,5-6,13-19H2,2-3H3,(H,34,41)/t21-,23?/m0/s1. The lowest BCUT2D eigenvalue weighted by atomic mass is 9.92. The first-order valence-electron chi connectivity index (χ1n) is 15.1. The Hall–Kier alpha value is -4.44. The third-order valence-electron chi connectivity index (χ3n) is 9.28. The zero-order valence-corrected chi connectivity index (χ0v) is 24.6. The molecule has 0 spiro atoms. The van der Waals surface area contributed by atoms with Crippen LogP contribution in [-0.4, -0.2) is 82.2 Å². The molecular formula is C33H36N6O4. The molecule has 2 atom stereocenters. The lowest BCUT2D eigenvalue weighted by molar-refractivity contribution is -0.126. The number of nitrogens with one attached hydrogen (secondary N) is 1. The lowest BCUT2D eigenvalue weighted by Gasteiger charge is -2.41. The summed E-state index contributed by atoms with van der Waals surface area (Å²) in [5.41, 5.74) is 2.77. The molecule has 2 aromatic heterocycles. The van der Waals surface area contributed by atoms with E-state index in [0.717, 1.165) is 53.4 Å². The lowest BCUT2D eigenvalue weighted by Crippen LogP contribution is -2.54. The number of H-pyrrole nitrogens is 1. The van der Waals surface area contributed by atoms with Gasteiger partial charge in [0.2, 0.25) is 5.91 Å². The van der Waals surface area contributed by atoms with Gasteiger partial charge in [0.25, 0.3) is 5.56 Å². The molecule has 5 heterocycles. The Bertz CT molecular complexity index is 1890. The van der Waals surface area contributed by atoms with E-state index >= 15 is 0 Å². The van der Waals surface area contributed by atoms with Gasteiger partial charge in [0.1, 0.15) is 12.4 Å². The molecule has 0 radical (unpaired) electrons. The fourth-order valence-electron chi connectivity index (χ4n) is 7.18. The van der Waals surface area contributed by atoms with E-state index in [1.807, 2.05) is 48.7 Å². The molecule has 2 aromatic carbocycles. The van der Waals surface area contributed by atoms with Gasteiger partial charge < -0.3 is 24.4 Å². The van der Waals surface area contributed by atoms with Crippen molar-refractivity contribution < 1.29 is 9.53 Å². The van der Waals surface area contributed by atoms with Crippen molar-refractivity contribution >= 4 is 33.4 Å². The van der Waals surface area contributed by atoms with Crippen molar-refractivity contribution in [2.24, 2.45) is 0 Å². The van der Waals surface area contributed by atoms with Crippen molar-refractivity contribution in [2.75, 3.05) is 50.8 Å². The molecule has 2 fully saturated rings. The summed E-state index contributed by atoms with van der Waals surface area (Å²) >= 11 is 0. The highest BCUT2D eigenvalue weighted by molar-refractivity contribution is 6.05. The summed E-state index contributed by atoms with van der Waals surface area (Å²) in [5.74, 6) is 1.10. The number of amides is 1. The normalized spacial score (nSPS) is 20.5. The molecular weight excluding hydrogens is 544 g/mol. The number of nitrogens with zero attached hydrogens (tertiary/aromatic N) is 5. The highest BCUT2D eigenvalue weighted by Crippen LogP contribution is 2.45. The molecule has 43 heavy (non-hydrogen) atoms. The van der Waals surface area contributed by atoms with Gasteiger partial charge in [0.15, 0.2) is 5.75 Å². The van der Waals surface area contributed by atoms with Gasteiger partial charge in [-0.05, 0) is 75.0 Å². The second-order valence-electron chi connectivity index (χ2n) is 12.0. The first-order chi connectivity index (χ1) is 20.9. The average Bonchev–Trinajstić information content (AvgIpc) is 3.52. The molecule has 2 saturated heterocycles. The van der Waals surface area contributed by atoms with Crippen molar-refractivity contribution in [3.63, 3.8) is 0 Å². The molecule has 0 saturated carbocycles. The van der Waals surface area contributed by atoms with Crippen LogP contribution in [0.15, 0.2) is 58.8 Å². The number of pyridine rings is 1. The number of carbonyl (C=O) groups excluding carboxylic acids is 1. The molecule has 0 bridgehead atoms. The summed E-state index contributed by atoms with van der Waals surface area (Å²) in [6, 6.07) is 9.63. The third kappa shape index (κ3) is 4.52. The fourth-order valence-corrected chi connectivity index (χ4v) is 7.18. The number of piperazine rings is 1. The monoisotopic (exact) mass is 580 g/mol. The van der Waals surface area contributed by atoms with Gasteiger partial charge >= 0.3 is 5.69 Å². The molecule has 3 aliphatic heterocycles. The number of ether oxygens (including phenoxy) is 1. The summed E-state index contributed by atoms with van der Waals surface area (Å²) in [4.78, 5) is 53.3. The van der Waals surface area contributed by atoms with Crippen LogP contribution in [-0.2, 0) is 4.79 Å². The highest BCUT2D eigenvalue weighted by atomic mass is 16.5. The van der Waals surface area contributed by atoms with E-state index in [2.05, 4.69) is 21.4 Å². The minimum atomic E-state index is -0.308. The second-order valence-corrected chi connectivity index (χ2v) is 12.0. The molecule has 7 rings (SSSR count). The molecule has 0 aliphatic carbocycles. The van der Waals surface area contributed by atoms with E-state index in [-0.39, 0.29) is 29.2 Å². The topological polar surface area (TPSA) is 104 Å². The predicted molar refractivity (Wildman–Crippen MR) is 168 cm³/mol. The number of carbonyl (C=O) groups is 1. The first kappa shape index (κ1) is 27.4. The number of fused-ring (bicyclic) bond motifs is 1. The van der Waals surface area contributed by atoms with Gasteiger partial charge in [-0.2, -0.15) is 4.98 Å². The van der Waals surface area contributed by atoms with Crippen LogP contribution in [0.2, 0.25) is 0 Å². The zero-order valence-electron chi connectivity index (χ0n) is 24.6. The first-order valence-corrected chi connectivity index (χ1v) is 15.1. The van der Waals surface area contributed by atoms with Crippen molar-refractivity contribution in [1.29, 1.82) is 0 Å². The van der Waals surface area contributed by atoms with Crippen molar-refractivity contribution in [1.82, 2.24) is 24.3 Å². The van der Waals surface area contributed by atoms with Crippen LogP contribution in [0.5, 0.6) is 5.75 Å². The molecule has 222 valence electrons. The van der Waals surface area contributed by atoms with Crippen LogP contribution in [0.4, 0.5) is 5.82 Å². The molecule has 1 unspecified atom stereocenters. The Kier molecular flexibility index (Phi) is 6.80. The number of aromatic amines is 1. The van der Waals surface area contributed by atoms with E-state index < -0.39 is 0 Å². The largest absolute Gasteiger partial charge is 0.488 e. The number of benzene rings is 2. The Balaban J connectivity index is 1.45. The number of likely N-dealkylation sites (tertiary alicyclic amines) is 1. The number of rotatable bonds is 5. The average molecular weight is 581 g/mol. The Morgan fingerprint density at radius 2 is 1.93 bits per heavy atom. The van der Waals surface area contributed by atoms with E-state index in [1.54, 1.807) is 11.1 Å². The smallest absolute Gasteiger partial charge is 0.350 e. The third-order valence-corrected chi connectivity index (χ3v) is 9.28. The van der Waals surface area contributed by atoms with Crippen LogP contribution < -0.4 is 20.9 Å². The van der Waals surface area contributed by atoms with Gasteiger partial charge in [-0.15, -0.1) is 0 Å². The van der Waals surface area contributed by atoms with Crippen LogP contribution in [0.1, 0.15) is 31.4 Å². The zero-order chi connectivity index (χ0) is 29.8. The summed E-state index contributed by atoms with van der Waals surface area (Å²) in [6.45, 7) is 12.3. The maximum Gasteiger partial charge on any atom is 0.350 e. The predicted octanol–water partition coefficient (Wildman–Crippen LogP) is 3.47. The Labute approximate surface area is 249 Å².